The Balaban J connectivity index is 2.24. The summed E-state index contributed by atoms with van der Waals surface area (Å²) >= 11 is 5.76. The number of H-pyrrole nitrogens is 1. The summed E-state index contributed by atoms with van der Waals surface area (Å²) in [5.74, 6) is -0.992. The highest BCUT2D eigenvalue weighted by Crippen LogP contribution is 2.29. The Kier molecular flexibility index (Phi) is 4.04. The summed E-state index contributed by atoms with van der Waals surface area (Å²) in [4.78, 5) is 21.7. The standard InChI is InChI=1S/C11H6ClF3N4O3/c12-6-2-1-5(19(21)22)3-7(6)16-10(20)8-4-9(18-17-8)11(13,14)15/h1-4H,(H,16,20)(H,17,18). The van der Waals surface area contributed by atoms with Crippen molar-refractivity contribution in [2.24, 2.45) is 0 Å². The number of hydrogen-bond acceptors (Lipinski definition) is 4. The third-order valence-electron chi connectivity index (χ3n) is 2.52. The molecule has 0 saturated heterocycles. The lowest BCUT2D eigenvalue weighted by molar-refractivity contribution is -0.384. The number of carbonyl (C=O) groups excluding carboxylic acids is 1. The lowest BCUT2D eigenvalue weighted by atomic mass is 10.2. The van der Waals surface area contributed by atoms with Gasteiger partial charge in [0.25, 0.3) is 11.6 Å². The maximum atomic E-state index is 12.4. The molecule has 7 nitrogen and oxygen atoms in total. The minimum Gasteiger partial charge on any atom is -0.319 e. The zero-order valence-corrected chi connectivity index (χ0v) is 11.2. The maximum absolute atomic E-state index is 12.4. The molecule has 0 aliphatic carbocycles. The van der Waals surface area contributed by atoms with Crippen LogP contribution in [-0.4, -0.2) is 21.0 Å². The highest BCUT2D eigenvalue weighted by atomic mass is 35.5. The fraction of sp³-hybridized carbons (Fsp3) is 0.0909. The molecule has 0 atom stereocenters. The number of nitro benzene ring substituents is 1. The second kappa shape index (κ2) is 5.64. The van der Waals surface area contributed by atoms with E-state index < -0.39 is 28.4 Å². The number of alkyl halides is 3. The number of nitrogens with one attached hydrogen (secondary N) is 2. The number of nitrogens with zero attached hydrogens (tertiary/aromatic N) is 2. The summed E-state index contributed by atoms with van der Waals surface area (Å²) < 4.78 is 37.2. The number of aromatic nitrogens is 2. The molecule has 0 saturated carbocycles. The molecular weight excluding hydrogens is 329 g/mol. The van der Waals surface area contributed by atoms with Crippen LogP contribution < -0.4 is 5.32 Å². The first-order chi connectivity index (χ1) is 10.2. The average Bonchev–Trinajstić information content (AvgIpc) is 2.90. The second-order valence-corrected chi connectivity index (χ2v) is 4.45. The molecule has 0 aliphatic rings. The molecule has 1 amide bonds. The van der Waals surface area contributed by atoms with E-state index in [1.54, 1.807) is 5.10 Å². The van der Waals surface area contributed by atoms with Crippen LogP contribution in [0.4, 0.5) is 24.5 Å². The van der Waals surface area contributed by atoms with Gasteiger partial charge in [0.05, 0.1) is 15.6 Å². The van der Waals surface area contributed by atoms with Crippen molar-refractivity contribution in [1.29, 1.82) is 0 Å². The van der Waals surface area contributed by atoms with Gasteiger partial charge in [-0.2, -0.15) is 18.3 Å². The van der Waals surface area contributed by atoms with Gasteiger partial charge in [0.15, 0.2) is 5.69 Å². The molecule has 116 valence electrons. The summed E-state index contributed by atoms with van der Waals surface area (Å²) in [6, 6.07) is 3.80. The zero-order valence-electron chi connectivity index (χ0n) is 10.4. The molecule has 2 aromatic rings. The van der Waals surface area contributed by atoms with Gasteiger partial charge in [-0.25, -0.2) is 0 Å². The molecule has 11 heteroatoms. The predicted molar refractivity (Wildman–Crippen MR) is 69.6 cm³/mol. The van der Waals surface area contributed by atoms with Crippen molar-refractivity contribution in [3.8, 4) is 0 Å². The van der Waals surface area contributed by atoms with E-state index in [0.29, 0.717) is 6.07 Å². The maximum Gasteiger partial charge on any atom is 0.432 e. The van der Waals surface area contributed by atoms with Crippen LogP contribution in [0.5, 0.6) is 0 Å². The third-order valence-corrected chi connectivity index (χ3v) is 2.85. The highest BCUT2D eigenvalue weighted by Gasteiger charge is 2.33. The molecule has 2 rings (SSSR count). The number of aromatic amines is 1. The van der Waals surface area contributed by atoms with Gasteiger partial charge < -0.3 is 5.32 Å². The minimum atomic E-state index is -4.67. The number of carbonyl (C=O) groups is 1. The molecule has 0 spiro atoms. The van der Waals surface area contributed by atoms with Crippen molar-refractivity contribution < 1.29 is 22.9 Å². The monoisotopic (exact) mass is 334 g/mol. The summed E-state index contributed by atoms with van der Waals surface area (Å²) in [7, 11) is 0. The molecule has 2 N–H and O–H groups in total. The molecule has 22 heavy (non-hydrogen) atoms. The van der Waals surface area contributed by atoms with Crippen molar-refractivity contribution in [2.45, 2.75) is 6.18 Å². The fourth-order valence-electron chi connectivity index (χ4n) is 1.49. The van der Waals surface area contributed by atoms with E-state index in [2.05, 4.69) is 10.4 Å². The summed E-state index contributed by atoms with van der Waals surface area (Å²) in [5, 5.41) is 17.7. The number of amides is 1. The van der Waals surface area contributed by atoms with Gasteiger partial charge in [0.1, 0.15) is 5.69 Å². The summed E-state index contributed by atoms with van der Waals surface area (Å²) in [6.45, 7) is 0. The van der Waals surface area contributed by atoms with Crippen LogP contribution in [0.1, 0.15) is 16.2 Å². The predicted octanol–water partition coefficient (Wildman–Crippen LogP) is 3.24. The van der Waals surface area contributed by atoms with Gasteiger partial charge in [-0.15, -0.1) is 0 Å². The first kappa shape index (κ1) is 15.8. The van der Waals surface area contributed by atoms with Crippen molar-refractivity contribution in [2.75, 3.05) is 5.32 Å². The number of benzene rings is 1. The van der Waals surface area contributed by atoms with E-state index in [0.717, 1.165) is 12.1 Å². The molecule has 1 aromatic heterocycles. The molecule has 0 fully saturated rings. The van der Waals surface area contributed by atoms with Crippen LogP contribution in [0.15, 0.2) is 24.3 Å². The topological polar surface area (TPSA) is 101 Å². The van der Waals surface area contributed by atoms with E-state index >= 15 is 0 Å². The first-order valence-electron chi connectivity index (χ1n) is 5.56. The Bertz CT molecular complexity index is 744. The molecular formula is C11H6ClF3N4O3. The molecule has 0 bridgehead atoms. The Morgan fingerprint density at radius 3 is 2.59 bits per heavy atom. The Hall–Kier alpha value is -2.62. The number of non-ortho nitro benzene ring substituents is 1. The number of hydrogen-bond donors (Lipinski definition) is 2. The minimum absolute atomic E-state index is 0.00877. The fourth-order valence-corrected chi connectivity index (χ4v) is 1.66. The van der Waals surface area contributed by atoms with Crippen LogP contribution in [0.25, 0.3) is 0 Å². The molecule has 0 aliphatic heterocycles. The van der Waals surface area contributed by atoms with Crippen LogP contribution in [0.3, 0.4) is 0 Å². The molecule has 1 aromatic carbocycles. The number of rotatable bonds is 3. The van der Waals surface area contributed by atoms with E-state index in [1.165, 1.54) is 6.07 Å². The van der Waals surface area contributed by atoms with Gasteiger partial charge >= 0.3 is 6.18 Å². The lowest BCUT2D eigenvalue weighted by Crippen LogP contribution is -2.13. The normalized spacial score (nSPS) is 11.3. The zero-order chi connectivity index (χ0) is 16.5. The van der Waals surface area contributed by atoms with Crippen molar-refractivity contribution in [3.63, 3.8) is 0 Å². The third kappa shape index (κ3) is 3.34. The number of anilines is 1. The Labute approximate surface area is 125 Å². The van der Waals surface area contributed by atoms with Crippen LogP contribution in [0, 0.1) is 10.1 Å². The van der Waals surface area contributed by atoms with Gasteiger partial charge in [0.2, 0.25) is 0 Å². The van der Waals surface area contributed by atoms with Crippen molar-refractivity contribution in [3.05, 3.63) is 50.8 Å². The highest BCUT2D eigenvalue weighted by molar-refractivity contribution is 6.34. The van der Waals surface area contributed by atoms with E-state index in [-0.39, 0.29) is 16.4 Å². The van der Waals surface area contributed by atoms with Crippen molar-refractivity contribution in [1.82, 2.24) is 10.2 Å². The van der Waals surface area contributed by atoms with Crippen LogP contribution >= 0.6 is 11.6 Å². The summed E-state index contributed by atoms with van der Waals surface area (Å²) in [6.07, 6.45) is -4.67. The van der Waals surface area contributed by atoms with Gasteiger partial charge in [-0.1, -0.05) is 11.6 Å². The molecule has 0 unspecified atom stereocenters. The van der Waals surface area contributed by atoms with Crippen molar-refractivity contribution >= 4 is 28.9 Å². The first-order valence-corrected chi connectivity index (χ1v) is 5.94. The molecule has 1 heterocycles. The van der Waals surface area contributed by atoms with Gasteiger partial charge in [0, 0.05) is 18.2 Å². The van der Waals surface area contributed by atoms with E-state index in [1.807, 2.05) is 0 Å². The van der Waals surface area contributed by atoms with E-state index in [4.69, 9.17) is 11.6 Å². The summed E-state index contributed by atoms with van der Waals surface area (Å²) in [5.41, 5.74) is -2.17. The quantitative estimate of drug-likeness (QED) is 0.664. The second-order valence-electron chi connectivity index (χ2n) is 4.04. The van der Waals surface area contributed by atoms with Gasteiger partial charge in [-0.3, -0.25) is 20.0 Å². The smallest absolute Gasteiger partial charge is 0.319 e. The Morgan fingerprint density at radius 1 is 1.36 bits per heavy atom. The average molecular weight is 335 g/mol. The van der Waals surface area contributed by atoms with Crippen LogP contribution in [0.2, 0.25) is 5.02 Å². The Morgan fingerprint density at radius 2 is 2.05 bits per heavy atom. The SMILES string of the molecule is O=C(Nc1cc([N+](=O)[O-])ccc1Cl)c1cc(C(F)(F)F)[nH]n1. The largest absolute Gasteiger partial charge is 0.432 e. The van der Waals surface area contributed by atoms with E-state index in [9.17, 15) is 28.1 Å². The molecule has 0 radical (unpaired) electrons. The lowest BCUT2D eigenvalue weighted by Gasteiger charge is -2.05. The number of halogens is 4. The number of nitro groups is 1. The van der Waals surface area contributed by atoms with Crippen LogP contribution in [-0.2, 0) is 6.18 Å². The van der Waals surface area contributed by atoms with Gasteiger partial charge in [-0.05, 0) is 6.07 Å².